The molecule has 1 aromatic carbocycles. The fourth-order valence-corrected chi connectivity index (χ4v) is 5.05. The molecular formula is C20H22N4O4. The Morgan fingerprint density at radius 3 is 2.68 bits per heavy atom. The summed E-state index contributed by atoms with van der Waals surface area (Å²) in [6.07, 6.45) is 2.60. The van der Waals surface area contributed by atoms with Crippen LogP contribution in [-0.4, -0.2) is 53.2 Å². The van der Waals surface area contributed by atoms with Crippen LogP contribution in [-0.2, 0) is 16.1 Å². The van der Waals surface area contributed by atoms with Crippen LogP contribution in [0.1, 0.15) is 52.0 Å². The lowest BCUT2D eigenvalue weighted by atomic mass is 10.0. The molecule has 1 unspecified atom stereocenters. The SMILES string of the molecule is O=C1CCC(N2C(=O)c3cccc(CN[C@@H]4C[C@H]5CN[C@@H]4C5)c3C2=O)C(=O)N1. The van der Waals surface area contributed by atoms with Gasteiger partial charge in [-0.1, -0.05) is 12.1 Å². The highest BCUT2D eigenvalue weighted by atomic mass is 16.2. The van der Waals surface area contributed by atoms with Crippen molar-refractivity contribution in [3.8, 4) is 0 Å². The van der Waals surface area contributed by atoms with E-state index in [1.807, 2.05) is 6.07 Å². The molecular weight excluding hydrogens is 360 g/mol. The molecule has 2 bridgehead atoms. The van der Waals surface area contributed by atoms with Crippen LogP contribution in [0.3, 0.4) is 0 Å². The van der Waals surface area contributed by atoms with Crippen LogP contribution in [0.15, 0.2) is 18.2 Å². The molecule has 0 spiro atoms. The van der Waals surface area contributed by atoms with Crippen molar-refractivity contribution in [3.63, 3.8) is 0 Å². The van der Waals surface area contributed by atoms with Gasteiger partial charge in [-0.3, -0.25) is 29.4 Å². The van der Waals surface area contributed by atoms with Gasteiger partial charge in [-0.05, 0) is 43.4 Å². The van der Waals surface area contributed by atoms with Gasteiger partial charge in [0.1, 0.15) is 6.04 Å². The Morgan fingerprint density at radius 1 is 1.11 bits per heavy atom. The van der Waals surface area contributed by atoms with E-state index in [1.165, 1.54) is 6.42 Å². The number of nitrogens with zero attached hydrogens (tertiary/aromatic N) is 1. The molecule has 8 nitrogen and oxygen atoms in total. The Morgan fingerprint density at radius 2 is 1.96 bits per heavy atom. The van der Waals surface area contributed by atoms with Crippen molar-refractivity contribution in [3.05, 3.63) is 34.9 Å². The highest BCUT2D eigenvalue weighted by molar-refractivity contribution is 6.24. The molecule has 2 saturated heterocycles. The van der Waals surface area contributed by atoms with Gasteiger partial charge in [0.15, 0.2) is 0 Å². The molecule has 1 saturated carbocycles. The van der Waals surface area contributed by atoms with E-state index in [9.17, 15) is 19.2 Å². The summed E-state index contributed by atoms with van der Waals surface area (Å²) in [5, 5.41) is 9.26. The highest BCUT2D eigenvalue weighted by Crippen LogP contribution is 2.33. The maximum atomic E-state index is 13.1. The van der Waals surface area contributed by atoms with Crippen LogP contribution in [0.25, 0.3) is 0 Å². The first-order valence-electron chi connectivity index (χ1n) is 9.83. The number of nitrogens with one attached hydrogen (secondary N) is 3. The van der Waals surface area contributed by atoms with E-state index in [0.29, 0.717) is 29.8 Å². The van der Waals surface area contributed by atoms with Gasteiger partial charge >= 0.3 is 0 Å². The minimum Gasteiger partial charge on any atom is -0.312 e. The fourth-order valence-electron chi connectivity index (χ4n) is 5.05. The number of carbonyl (C=O) groups is 4. The van der Waals surface area contributed by atoms with Gasteiger partial charge in [-0.15, -0.1) is 0 Å². The summed E-state index contributed by atoms with van der Waals surface area (Å²) in [6.45, 7) is 1.58. The molecule has 4 aliphatic rings. The molecule has 1 aromatic rings. The lowest BCUT2D eigenvalue weighted by molar-refractivity contribution is -0.136. The number of benzene rings is 1. The van der Waals surface area contributed by atoms with E-state index in [2.05, 4.69) is 16.0 Å². The molecule has 1 aliphatic carbocycles. The van der Waals surface area contributed by atoms with E-state index in [1.54, 1.807) is 12.1 Å². The van der Waals surface area contributed by atoms with Crippen LogP contribution in [0.2, 0.25) is 0 Å². The maximum Gasteiger partial charge on any atom is 0.262 e. The lowest BCUT2D eigenvalue weighted by Crippen LogP contribution is -2.54. The number of amides is 4. The molecule has 4 amide bonds. The Balaban J connectivity index is 1.37. The zero-order chi connectivity index (χ0) is 19.4. The van der Waals surface area contributed by atoms with Gasteiger partial charge < -0.3 is 10.6 Å². The van der Waals surface area contributed by atoms with Crippen molar-refractivity contribution >= 4 is 23.6 Å². The van der Waals surface area contributed by atoms with Crippen molar-refractivity contribution in [2.24, 2.45) is 5.92 Å². The third-order valence-electron chi connectivity index (χ3n) is 6.44. The molecule has 5 rings (SSSR count). The van der Waals surface area contributed by atoms with Gasteiger partial charge in [0.25, 0.3) is 11.8 Å². The van der Waals surface area contributed by atoms with Crippen molar-refractivity contribution < 1.29 is 19.2 Å². The minimum absolute atomic E-state index is 0.120. The maximum absolute atomic E-state index is 13.1. The molecule has 0 aromatic heterocycles. The molecule has 3 aliphatic heterocycles. The molecule has 4 atom stereocenters. The molecule has 28 heavy (non-hydrogen) atoms. The zero-order valence-electron chi connectivity index (χ0n) is 15.4. The average Bonchev–Trinajstić information content (AvgIpc) is 3.36. The van der Waals surface area contributed by atoms with Crippen molar-refractivity contribution in [1.82, 2.24) is 20.9 Å². The Bertz CT molecular complexity index is 898. The normalized spacial score (nSPS) is 31.5. The summed E-state index contributed by atoms with van der Waals surface area (Å²) >= 11 is 0. The van der Waals surface area contributed by atoms with Crippen LogP contribution in [0.5, 0.6) is 0 Å². The number of carbonyl (C=O) groups excluding carboxylic acids is 4. The number of piperidine rings is 2. The molecule has 146 valence electrons. The first kappa shape index (κ1) is 17.5. The summed E-state index contributed by atoms with van der Waals surface area (Å²) in [5.74, 6) is -1.15. The second-order valence-corrected chi connectivity index (χ2v) is 8.13. The van der Waals surface area contributed by atoms with E-state index in [0.717, 1.165) is 29.3 Å². The first-order valence-corrected chi connectivity index (χ1v) is 9.83. The van der Waals surface area contributed by atoms with Crippen LogP contribution in [0, 0.1) is 5.92 Å². The highest BCUT2D eigenvalue weighted by Gasteiger charge is 2.45. The molecule has 3 N–H and O–H groups in total. The molecule has 8 heteroatoms. The van der Waals surface area contributed by atoms with Crippen LogP contribution < -0.4 is 16.0 Å². The van der Waals surface area contributed by atoms with E-state index >= 15 is 0 Å². The zero-order valence-corrected chi connectivity index (χ0v) is 15.4. The lowest BCUT2D eigenvalue weighted by Gasteiger charge is -2.28. The summed E-state index contributed by atoms with van der Waals surface area (Å²) in [5.41, 5.74) is 1.48. The van der Waals surface area contributed by atoms with Crippen molar-refractivity contribution in [2.45, 2.75) is 50.4 Å². The predicted octanol–water partition coefficient (Wildman–Crippen LogP) is -0.0722. The third kappa shape index (κ3) is 2.67. The van der Waals surface area contributed by atoms with Gasteiger partial charge in [0.2, 0.25) is 11.8 Å². The third-order valence-corrected chi connectivity index (χ3v) is 6.44. The topological polar surface area (TPSA) is 108 Å². The van der Waals surface area contributed by atoms with E-state index in [4.69, 9.17) is 0 Å². The van der Waals surface area contributed by atoms with E-state index in [-0.39, 0.29) is 18.7 Å². The van der Waals surface area contributed by atoms with Gasteiger partial charge in [-0.25, -0.2) is 0 Å². The average molecular weight is 382 g/mol. The van der Waals surface area contributed by atoms with E-state index < -0.39 is 23.8 Å². The minimum atomic E-state index is -0.930. The number of fused-ring (bicyclic) bond motifs is 3. The van der Waals surface area contributed by atoms with Crippen LogP contribution in [0.4, 0.5) is 0 Å². The molecule has 0 radical (unpaired) electrons. The Kier molecular flexibility index (Phi) is 4.06. The quantitative estimate of drug-likeness (QED) is 0.629. The monoisotopic (exact) mass is 382 g/mol. The van der Waals surface area contributed by atoms with Gasteiger partial charge in [-0.2, -0.15) is 0 Å². The second kappa shape index (κ2) is 6.49. The number of hydrogen-bond donors (Lipinski definition) is 3. The largest absolute Gasteiger partial charge is 0.312 e. The van der Waals surface area contributed by atoms with Gasteiger partial charge in [0.05, 0.1) is 11.1 Å². The molecule has 3 heterocycles. The summed E-state index contributed by atoms with van der Waals surface area (Å²) in [7, 11) is 0. The predicted molar refractivity (Wildman–Crippen MR) is 98.3 cm³/mol. The Hall–Kier alpha value is -2.58. The smallest absolute Gasteiger partial charge is 0.262 e. The summed E-state index contributed by atoms with van der Waals surface area (Å²) in [6, 6.07) is 5.16. The fraction of sp³-hybridized carbons (Fsp3) is 0.500. The second-order valence-electron chi connectivity index (χ2n) is 8.13. The number of rotatable bonds is 4. The number of hydrogen-bond acceptors (Lipinski definition) is 6. The summed E-state index contributed by atoms with van der Waals surface area (Å²) in [4.78, 5) is 50.6. The standard InChI is InChI=1S/C20H22N4O4/c25-16-5-4-15(18(26)23-16)24-19(27)12-3-1-2-11(17(12)20(24)28)9-22-14-7-10-6-13(14)21-8-10/h1-3,10,13-15,21-22H,4-9H2,(H,23,25,26)/t10-,13+,14+,15?/m0/s1. The summed E-state index contributed by atoms with van der Waals surface area (Å²) < 4.78 is 0. The van der Waals surface area contributed by atoms with Crippen LogP contribution >= 0.6 is 0 Å². The Labute approximate surface area is 162 Å². The molecule has 3 fully saturated rings. The van der Waals surface area contributed by atoms with Gasteiger partial charge in [0, 0.05) is 25.0 Å². The van der Waals surface area contributed by atoms with Crippen molar-refractivity contribution in [2.75, 3.05) is 6.54 Å². The number of imide groups is 2. The first-order chi connectivity index (χ1) is 13.5. The van der Waals surface area contributed by atoms with Crippen molar-refractivity contribution in [1.29, 1.82) is 0 Å².